The SMILES string of the molecule is CC1(C(=O)c2cc(Cl)cc3c2OCC3)CCCO1. The Labute approximate surface area is 111 Å². The molecule has 1 saturated heterocycles. The van der Waals surface area contributed by atoms with E-state index in [1.807, 2.05) is 13.0 Å². The molecule has 1 aromatic rings. The largest absolute Gasteiger partial charge is 0.492 e. The molecule has 96 valence electrons. The van der Waals surface area contributed by atoms with Crippen LogP contribution in [0.4, 0.5) is 0 Å². The molecule has 2 aliphatic heterocycles. The number of carbonyl (C=O) groups is 1. The van der Waals surface area contributed by atoms with E-state index in [2.05, 4.69) is 0 Å². The normalized spacial score (nSPS) is 25.9. The van der Waals surface area contributed by atoms with Crippen LogP contribution in [0.15, 0.2) is 12.1 Å². The molecule has 0 amide bonds. The molecule has 0 N–H and O–H groups in total. The van der Waals surface area contributed by atoms with Crippen LogP contribution in [0.3, 0.4) is 0 Å². The van der Waals surface area contributed by atoms with Crippen LogP contribution in [0.1, 0.15) is 35.7 Å². The van der Waals surface area contributed by atoms with Gasteiger partial charge in [-0.05, 0) is 37.5 Å². The van der Waals surface area contributed by atoms with Crippen LogP contribution in [-0.4, -0.2) is 24.6 Å². The van der Waals surface area contributed by atoms with Gasteiger partial charge < -0.3 is 9.47 Å². The summed E-state index contributed by atoms with van der Waals surface area (Å²) in [6, 6.07) is 3.57. The molecule has 3 rings (SSSR count). The fourth-order valence-electron chi connectivity index (χ4n) is 2.68. The van der Waals surface area contributed by atoms with E-state index in [4.69, 9.17) is 21.1 Å². The van der Waals surface area contributed by atoms with Crippen LogP contribution >= 0.6 is 11.6 Å². The second-order valence-electron chi connectivity index (χ2n) is 5.05. The summed E-state index contributed by atoms with van der Waals surface area (Å²) in [5.41, 5.74) is 0.872. The summed E-state index contributed by atoms with van der Waals surface area (Å²) in [6.07, 6.45) is 2.49. The van der Waals surface area contributed by atoms with Crippen molar-refractivity contribution >= 4 is 17.4 Å². The molecule has 4 heteroatoms. The highest BCUT2D eigenvalue weighted by atomic mass is 35.5. The van der Waals surface area contributed by atoms with Gasteiger partial charge in [-0.25, -0.2) is 0 Å². The zero-order chi connectivity index (χ0) is 12.8. The van der Waals surface area contributed by atoms with E-state index in [0.29, 0.717) is 29.5 Å². The zero-order valence-electron chi connectivity index (χ0n) is 10.3. The van der Waals surface area contributed by atoms with Crippen LogP contribution in [0.5, 0.6) is 5.75 Å². The third-order valence-electron chi connectivity index (χ3n) is 3.69. The molecule has 0 bridgehead atoms. The summed E-state index contributed by atoms with van der Waals surface area (Å²) < 4.78 is 11.2. The summed E-state index contributed by atoms with van der Waals surface area (Å²) in [4.78, 5) is 12.6. The molecule has 18 heavy (non-hydrogen) atoms. The van der Waals surface area contributed by atoms with Gasteiger partial charge in [-0.3, -0.25) is 4.79 Å². The molecule has 1 fully saturated rings. The van der Waals surface area contributed by atoms with Crippen LogP contribution in [0.25, 0.3) is 0 Å². The fraction of sp³-hybridized carbons (Fsp3) is 0.500. The first-order valence-corrected chi connectivity index (χ1v) is 6.62. The number of benzene rings is 1. The Balaban J connectivity index is 2.04. The Morgan fingerprint density at radius 1 is 1.39 bits per heavy atom. The molecule has 0 aliphatic carbocycles. The van der Waals surface area contributed by atoms with Crippen LogP contribution in [0.2, 0.25) is 5.02 Å². The third-order valence-corrected chi connectivity index (χ3v) is 3.91. The van der Waals surface area contributed by atoms with Gasteiger partial charge >= 0.3 is 0 Å². The average Bonchev–Trinajstić information content (AvgIpc) is 2.96. The quantitative estimate of drug-likeness (QED) is 0.772. The number of carbonyl (C=O) groups excluding carboxylic acids is 1. The first-order valence-electron chi connectivity index (χ1n) is 6.24. The van der Waals surface area contributed by atoms with Gasteiger partial charge in [0.15, 0.2) is 5.78 Å². The Hall–Kier alpha value is -1.06. The second-order valence-corrected chi connectivity index (χ2v) is 5.49. The maximum atomic E-state index is 12.6. The molecule has 1 aromatic carbocycles. The van der Waals surface area contributed by atoms with Crippen molar-refractivity contribution in [1.82, 2.24) is 0 Å². The number of rotatable bonds is 2. The van der Waals surface area contributed by atoms with Gasteiger partial charge in [-0.2, -0.15) is 0 Å². The Morgan fingerprint density at radius 3 is 2.94 bits per heavy atom. The van der Waals surface area contributed by atoms with Crippen molar-refractivity contribution in [3.8, 4) is 5.75 Å². The summed E-state index contributed by atoms with van der Waals surface area (Å²) in [5, 5.41) is 0.587. The molecule has 2 heterocycles. The van der Waals surface area contributed by atoms with Crippen molar-refractivity contribution in [3.05, 3.63) is 28.3 Å². The molecular formula is C14H15ClO3. The van der Waals surface area contributed by atoms with Gasteiger partial charge in [0.2, 0.25) is 0 Å². The molecular weight excluding hydrogens is 252 g/mol. The van der Waals surface area contributed by atoms with Crippen molar-refractivity contribution < 1.29 is 14.3 Å². The van der Waals surface area contributed by atoms with Crippen molar-refractivity contribution in [2.45, 2.75) is 31.8 Å². The third kappa shape index (κ3) is 1.82. The molecule has 3 nitrogen and oxygen atoms in total. The number of hydrogen-bond acceptors (Lipinski definition) is 3. The first-order chi connectivity index (χ1) is 8.60. The maximum absolute atomic E-state index is 12.6. The lowest BCUT2D eigenvalue weighted by Crippen LogP contribution is -2.34. The molecule has 0 spiro atoms. The van der Waals surface area contributed by atoms with Crippen molar-refractivity contribution in [2.24, 2.45) is 0 Å². The van der Waals surface area contributed by atoms with Crippen LogP contribution < -0.4 is 4.74 Å². The predicted molar refractivity (Wildman–Crippen MR) is 68.6 cm³/mol. The zero-order valence-corrected chi connectivity index (χ0v) is 11.0. The van der Waals surface area contributed by atoms with Gasteiger partial charge in [0.1, 0.15) is 11.4 Å². The monoisotopic (exact) mass is 266 g/mol. The predicted octanol–water partition coefficient (Wildman–Crippen LogP) is 3.03. The molecule has 2 aliphatic rings. The topological polar surface area (TPSA) is 35.5 Å². The minimum atomic E-state index is -0.718. The van der Waals surface area contributed by atoms with E-state index in [1.165, 1.54) is 0 Å². The maximum Gasteiger partial charge on any atom is 0.198 e. The van der Waals surface area contributed by atoms with Crippen molar-refractivity contribution in [2.75, 3.05) is 13.2 Å². The smallest absolute Gasteiger partial charge is 0.198 e. The minimum Gasteiger partial charge on any atom is -0.492 e. The van der Waals surface area contributed by atoms with Crippen molar-refractivity contribution in [1.29, 1.82) is 0 Å². The van der Waals surface area contributed by atoms with E-state index in [0.717, 1.165) is 24.8 Å². The lowest BCUT2D eigenvalue weighted by molar-refractivity contribution is 0.0211. The number of Topliss-reactive ketones (excluding diaryl/α,β-unsaturated/α-hetero) is 1. The highest BCUT2D eigenvalue weighted by Gasteiger charge is 2.40. The lowest BCUT2D eigenvalue weighted by atomic mass is 9.90. The number of ketones is 1. The first kappa shape index (κ1) is 12.0. The van der Waals surface area contributed by atoms with E-state index in [-0.39, 0.29) is 5.78 Å². The molecule has 0 saturated carbocycles. The Morgan fingerprint density at radius 2 is 2.22 bits per heavy atom. The molecule has 0 radical (unpaired) electrons. The summed E-state index contributed by atoms with van der Waals surface area (Å²) >= 11 is 6.08. The molecule has 0 aromatic heterocycles. The van der Waals surface area contributed by atoms with E-state index < -0.39 is 5.60 Å². The summed E-state index contributed by atoms with van der Waals surface area (Å²) in [6.45, 7) is 3.12. The minimum absolute atomic E-state index is 0.0133. The highest BCUT2D eigenvalue weighted by Crippen LogP contribution is 2.37. The number of ether oxygens (including phenoxy) is 2. The number of fused-ring (bicyclic) bond motifs is 1. The number of hydrogen-bond donors (Lipinski definition) is 0. The van der Waals surface area contributed by atoms with E-state index in [1.54, 1.807) is 6.07 Å². The molecule has 1 atom stereocenters. The van der Waals surface area contributed by atoms with Crippen molar-refractivity contribution in [3.63, 3.8) is 0 Å². The van der Waals surface area contributed by atoms with E-state index >= 15 is 0 Å². The van der Waals surface area contributed by atoms with Crippen LogP contribution in [0, 0.1) is 0 Å². The standard InChI is InChI=1S/C14H15ClO3/c1-14(4-2-5-18-14)13(16)11-8-10(15)7-9-3-6-17-12(9)11/h7-8H,2-6H2,1H3. The Bertz CT molecular complexity index is 504. The second kappa shape index (κ2) is 4.25. The number of halogens is 1. The Kier molecular flexibility index (Phi) is 2.83. The van der Waals surface area contributed by atoms with Gasteiger partial charge in [0.25, 0.3) is 0 Å². The van der Waals surface area contributed by atoms with Crippen LogP contribution in [-0.2, 0) is 11.2 Å². The lowest BCUT2D eigenvalue weighted by Gasteiger charge is -2.22. The molecule has 1 unspecified atom stereocenters. The average molecular weight is 267 g/mol. The van der Waals surface area contributed by atoms with Gasteiger partial charge in [0.05, 0.1) is 12.2 Å². The summed E-state index contributed by atoms with van der Waals surface area (Å²) in [5.74, 6) is 0.682. The van der Waals surface area contributed by atoms with Gasteiger partial charge in [0, 0.05) is 18.1 Å². The van der Waals surface area contributed by atoms with Gasteiger partial charge in [-0.1, -0.05) is 11.6 Å². The van der Waals surface area contributed by atoms with Gasteiger partial charge in [-0.15, -0.1) is 0 Å². The fourth-order valence-corrected chi connectivity index (χ4v) is 2.92. The summed E-state index contributed by atoms with van der Waals surface area (Å²) in [7, 11) is 0. The highest BCUT2D eigenvalue weighted by molar-refractivity contribution is 6.31. The van der Waals surface area contributed by atoms with E-state index in [9.17, 15) is 4.79 Å².